The van der Waals surface area contributed by atoms with Crippen LogP contribution in [-0.4, -0.2) is 40.4 Å². The second-order valence-electron chi connectivity index (χ2n) is 8.61. The molecule has 176 valence electrons. The Kier molecular flexibility index (Phi) is 6.50. The normalized spacial score (nSPS) is 16.1. The van der Waals surface area contributed by atoms with Crippen LogP contribution in [0.3, 0.4) is 0 Å². The lowest BCUT2D eigenvalue weighted by Crippen LogP contribution is -2.23. The number of nitrogens with zero attached hydrogens (tertiary/aromatic N) is 3. The minimum absolute atomic E-state index is 0.206. The fourth-order valence-corrected chi connectivity index (χ4v) is 4.50. The molecule has 35 heavy (non-hydrogen) atoms. The van der Waals surface area contributed by atoms with Crippen molar-refractivity contribution in [2.45, 2.75) is 18.9 Å². The molecule has 4 aromatic rings. The molecule has 1 saturated heterocycles. The molecule has 1 fully saturated rings. The van der Waals surface area contributed by atoms with Gasteiger partial charge in [-0.05, 0) is 56.3 Å². The van der Waals surface area contributed by atoms with Gasteiger partial charge in [-0.15, -0.1) is 0 Å². The highest BCUT2D eigenvalue weighted by molar-refractivity contribution is 6.11. The van der Waals surface area contributed by atoms with Gasteiger partial charge < -0.3 is 10.6 Å². The second kappa shape index (κ2) is 10.0. The van der Waals surface area contributed by atoms with E-state index in [-0.39, 0.29) is 17.8 Å². The van der Waals surface area contributed by atoms with Crippen molar-refractivity contribution < 1.29 is 9.18 Å². The molecule has 3 aromatic carbocycles. The molecule has 0 saturated carbocycles. The van der Waals surface area contributed by atoms with Gasteiger partial charge in [-0.25, -0.2) is 14.4 Å². The molecule has 6 nitrogen and oxygen atoms in total. The highest BCUT2D eigenvalue weighted by atomic mass is 19.1. The Morgan fingerprint density at radius 3 is 2.60 bits per heavy atom. The zero-order valence-corrected chi connectivity index (χ0v) is 19.4. The van der Waals surface area contributed by atoms with Gasteiger partial charge in [0.05, 0.1) is 16.6 Å². The van der Waals surface area contributed by atoms with Crippen LogP contribution in [0.1, 0.15) is 12.8 Å². The minimum atomic E-state index is -0.382. The van der Waals surface area contributed by atoms with E-state index in [1.165, 1.54) is 12.4 Å². The van der Waals surface area contributed by atoms with Crippen LogP contribution in [0.4, 0.5) is 21.6 Å². The molecule has 0 aliphatic carbocycles. The summed E-state index contributed by atoms with van der Waals surface area (Å²) in [4.78, 5) is 24.0. The molecule has 0 spiro atoms. The number of amides is 1. The Bertz CT molecular complexity index is 1390. The number of anilines is 3. The van der Waals surface area contributed by atoms with Crippen molar-refractivity contribution in [1.82, 2.24) is 14.9 Å². The summed E-state index contributed by atoms with van der Waals surface area (Å²) in [5.74, 6) is -0.132. The van der Waals surface area contributed by atoms with Crippen molar-refractivity contribution in [3.63, 3.8) is 0 Å². The van der Waals surface area contributed by atoms with Gasteiger partial charge in [-0.1, -0.05) is 48.5 Å². The molecular weight excluding hydrogens is 441 g/mol. The number of hydrogen-bond acceptors (Lipinski definition) is 5. The lowest BCUT2D eigenvalue weighted by atomic mass is 9.98. The van der Waals surface area contributed by atoms with Crippen LogP contribution >= 0.6 is 0 Å². The average Bonchev–Trinajstić information content (AvgIpc) is 3.29. The Hall–Kier alpha value is -4.10. The Morgan fingerprint density at radius 2 is 1.83 bits per heavy atom. The molecule has 1 amide bonds. The number of likely N-dealkylation sites (N-methyl/N-ethyl adjacent to an activating group) is 1. The zero-order chi connectivity index (χ0) is 24.2. The number of nitrogens with one attached hydrogen (secondary N) is 2. The number of fused-ring (bicyclic) bond motifs is 1. The number of aromatic nitrogens is 2. The molecule has 5 rings (SSSR count). The van der Waals surface area contributed by atoms with Gasteiger partial charge in [0.15, 0.2) is 0 Å². The van der Waals surface area contributed by atoms with Gasteiger partial charge >= 0.3 is 0 Å². The summed E-state index contributed by atoms with van der Waals surface area (Å²) >= 11 is 0. The number of likely N-dealkylation sites (tertiary alicyclic amines) is 1. The van der Waals surface area contributed by atoms with E-state index in [2.05, 4.69) is 32.5 Å². The number of rotatable bonds is 6. The summed E-state index contributed by atoms with van der Waals surface area (Å²) in [7, 11) is 2.07. The Balaban J connectivity index is 1.58. The fraction of sp³-hybridized carbons (Fsp3) is 0.179. The topological polar surface area (TPSA) is 70.2 Å². The molecule has 7 heteroatoms. The summed E-state index contributed by atoms with van der Waals surface area (Å²) < 4.78 is 14.4. The summed E-state index contributed by atoms with van der Waals surface area (Å²) in [6, 6.07) is 20.1. The maximum Gasteiger partial charge on any atom is 0.248 e. The van der Waals surface area contributed by atoms with Crippen molar-refractivity contribution in [3.05, 3.63) is 91.0 Å². The third kappa shape index (κ3) is 4.90. The van der Waals surface area contributed by atoms with Crippen molar-refractivity contribution in [1.29, 1.82) is 0 Å². The zero-order valence-electron chi connectivity index (χ0n) is 19.4. The number of halogens is 1. The van der Waals surface area contributed by atoms with Gasteiger partial charge in [0.1, 0.15) is 18.0 Å². The standard InChI is InChI=1S/C28H26FN5O/c1-34-17-7-10-20(34)13-16-25(35)32-24-15-14-23-27(26(24)19-8-3-2-4-9-19)28(31-18-30-23)33-22-12-6-5-11-21(22)29/h2-6,8-9,11-16,18,20H,7,10,17H2,1H3,(H,32,35)(H,30,31,33)/b16-13+/t20-/m1/s1. The Labute approximate surface area is 203 Å². The highest BCUT2D eigenvalue weighted by Crippen LogP contribution is 2.39. The molecule has 0 bridgehead atoms. The summed E-state index contributed by atoms with van der Waals surface area (Å²) in [6.45, 7) is 1.04. The largest absolute Gasteiger partial charge is 0.337 e. The molecule has 1 aliphatic heterocycles. The molecule has 0 unspecified atom stereocenters. The minimum Gasteiger partial charge on any atom is -0.337 e. The van der Waals surface area contributed by atoms with Crippen molar-refractivity contribution in [2.75, 3.05) is 24.2 Å². The maximum atomic E-state index is 14.4. The number of para-hydroxylation sites is 1. The lowest BCUT2D eigenvalue weighted by molar-refractivity contribution is -0.111. The molecule has 2 heterocycles. The predicted octanol–water partition coefficient (Wildman–Crippen LogP) is 5.77. The van der Waals surface area contributed by atoms with Crippen LogP contribution in [0.5, 0.6) is 0 Å². The molecule has 0 radical (unpaired) electrons. The van der Waals surface area contributed by atoms with Crippen LogP contribution < -0.4 is 10.6 Å². The highest BCUT2D eigenvalue weighted by Gasteiger charge is 2.19. The van der Waals surface area contributed by atoms with Crippen LogP contribution in [-0.2, 0) is 4.79 Å². The van der Waals surface area contributed by atoms with E-state index in [4.69, 9.17) is 0 Å². The van der Waals surface area contributed by atoms with Crippen molar-refractivity contribution in [2.24, 2.45) is 0 Å². The molecule has 1 aromatic heterocycles. The van der Waals surface area contributed by atoms with Crippen molar-refractivity contribution >= 4 is 34.0 Å². The van der Waals surface area contributed by atoms with Crippen LogP contribution in [0.25, 0.3) is 22.0 Å². The van der Waals surface area contributed by atoms with Gasteiger partial charge in [-0.2, -0.15) is 0 Å². The summed E-state index contributed by atoms with van der Waals surface area (Å²) in [5, 5.41) is 6.85. The second-order valence-corrected chi connectivity index (χ2v) is 8.61. The fourth-order valence-electron chi connectivity index (χ4n) is 4.50. The van der Waals surface area contributed by atoms with Crippen LogP contribution in [0.15, 0.2) is 85.2 Å². The number of carbonyl (C=O) groups excluding carboxylic acids is 1. The van der Waals surface area contributed by atoms with E-state index in [9.17, 15) is 9.18 Å². The Morgan fingerprint density at radius 1 is 1.03 bits per heavy atom. The first-order valence-corrected chi connectivity index (χ1v) is 11.6. The first-order valence-electron chi connectivity index (χ1n) is 11.6. The summed E-state index contributed by atoms with van der Waals surface area (Å²) in [6.07, 6.45) is 7.19. The van der Waals surface area contributed by atoms with Crippen LogP contribution in [0.2, 0.25) is 0 Å². The smallest absolute Gasteiger partial charge is 0.248 e. The first kappa shape index (κ1) is 22.7. The van der Waals surface area contributed by atoms with E-state index in [0.29, 0.717) is 28.1 Å². The monoisotopic (exact) mass is 467 g/mol. The van der Waals surface area contributed by atoms with Gasteiger partial charge in [-0.3, -0.25) is 9.69 Å². The van der Waals surface area contributed by atoms with Gasteiger partial charge in [0, 0.05) is 23.4 Å². The van der Waals surface area contributed by atoms with E-state index in [0.717, 1.165) is 30.5 Å². The molecular formula is C28H26FN5O. The van der Waals surface area contributed by atoms with Crippen LogP contribution in [0, 0.1) is 5.82 Å². The quantitative estimate of drug-likeness (QED) is 0.353. The average molecular weight is 468 g/mol. The van der Waals surface area contributed by atoms with Crippen molar-refractivity contribution in [3.8, 4) is 11.1 Å². The SMILES string of the molecule is CN1CCC[C@@H]1/C=C/C(=O)Nc1ccc2ncnc(Nc3ccccc3F)c2c1-c1ccccc1. The molecule has 1 aliphatic rings. The maximum absolute atomic E-state index is 14.4. The first-order chi connectivity index (χ1) is 17.1. The van der Waals surface area contributed by atoms with E-state index >= 15 is 0 Å². The number of hydrogen-bond donors (Lipinski definition) is 2. The van der Waals surface area contributed by atoms with E-state index < -0.39 is 0 Å². The number of carbonyl (C=O) groups is 1. The lowest BCUT2D eigenvalue weighted by Gasteiger charge is -2.17. The third-order valence-electron chi connectivity index (χ3n) is 6.30. The van der Waals surface area contributed by atoms with E-state index in [1.54, 1.807) is 24.3 Å². The third-order valence-corrected chi connectivity index (χ3v) is 6.30. The molecule has 1 atom stereocenters. The van der Waals surface area contributed by atoms with Gasteiger partial charge in [0.2, 0.25) is 5.91 Å². The van der Waals surface area contributed by atoms with Gasteiger partial charge in [0.25, 0.3) is 0 Å². The number of benzene rings is 3. The summed E-state index contributed by atoms with van der Waals surface area (Å²) in [5.41, 5.74) is 3.27. The predicted molar refractivity (Wildman–Crippen MR) is 138 cm³/mol. The van der Waals surface area contributed by atoms with E-state index in [1.807, 2.05) is 48.5 Å². The molecule has 2 N–H and O–H groups in total.